The Morgan fingerprint density at radius 1 is 1.12 bits per heavy atom. The first-order valence-electron chi connectivity index (χ1n) is 11.8. The van der Waals surface area contributed by atoms with E-state index in [1.54, 1.807) is 6.07 Å². The van der Waals surface area contributed by atoms with Gasteiger partial charge in [-0.15, -0.1) is 0 Å². The molecule has 1 aromatic carbocycles. The number of nitrogens with zero attached hydrogens (tertiary/aromatic N) is 1. The average Bonchev–Trinajstić information content (AvgIpc) is 2.80. The Morgan fingerprint density at radius 3 is 2.41 bits per heavy atom. The molecule has 188 valence electrons. The van der Waals surface area contributed by atoms with Gasteiger partial charge in [-0.05, 0) is 33.2 Å². The number of hydrogen-bond donors (Lipinski definition) is 0. The van der Waals surface area contributed by atoms with Crippen molar-refractivity contribution >= 4 is 5.97 Å². The molecule has 1 heterocycles. The lowest BCUT2D eigenvalue weighted by Crippen LogP contribution is -2.56. The maximum atomic E-state index is 14.1. The van der Waals surface area contributed by atoms with E-state index in [4.69, 9.17) is 9.47 Å². The Labute approximate surface area is 201 Å². The first-order valence-corrected chi connectivity index (χ1v) is 11.8. The van der Waals surface area contributed by atoms with Crippen molar-refractivity contribution in [2.45, 2.75) is 75.9 Å². The number of carbonyl (C=O) groups excluding carboxylic acids is 1. The number of esters is 1. The molecule has 1 aromatic rings. The van der Waals surface area contributed by atoms with E-state index >= 15 is 0 Å². The molecule has 0 aliphatic carbocycles. The highest BCUT2D eigenvalue weighted by molar-refractivity contribution is 5.83. The number of benzene rings is 1. The molecule has 0 bridgehead atoms. The molecule has 0 aromatic heterocycles. The number of allylic oxidation sites excluding steroid dienone is 5. The zero-order valence-corrected chi connectivity index (χ0v) is 20.4. The van der Waals surface area contributed by atoms with Gasteiger partial charge in [-0.3, -0.25) is 4.90 Å². The topological polar surface area (TPSA) is 38.8 Å². The third-order valence-corrected chi connectivity index (χ3v) is 6.41. The van der Waals surface area contributed by atoms with Crippen LogP contribution in [0.5, 0.6) is 0 Å². The molecule has 34 heavy (non-hydrogen) atoms. The van der Waals surface area contributed by atoms with Crippen LogP contribution in [0.25, 0.3) is 0 Å². The molecule has 4 nitrogen and oxygen atoms in total. The van der Waals surface area contributed by atoms with Crippen LogP contribution in [0.2, 0.25) is 0 Å². The monoisotopic (exact) mass is 479 g/mol. The fourth-order valence-electron chi connectivity index (χ4n) is 4.16. The normalized spacial score (nSPS) is 24.1. The molecule has 1 fully saturated rings. The van der Waals surface area contributed by atoms with Crippen LogP contribution in [0, 0.1) is 0 Å². The highest BCUT2D eigenvalue weighted by atomic mass is 19.4. The molecule has 2 rings (SSSR count). The number of hydrogen-bond acceptors (Lipinski definition) is 4. The van der Waals surface area contributed by atoms with Crippen molar-refractivity contribution in [2.75, 3.05) is 14.2 Å². The van der Waals surface area contributed by atoms with E-state index in [0.29, 0.717) is 12.8 Å². The number of halogens is 3. The first-order chi connectivity index (χ1) is 16.2. The van der Waals surface area contributed by atoms with Gasteiger partial charge in [-0.25, -0.2) is 4.79 Å². The lowest BCUT2D eigenvalue weighted by Gasteiger charge is -2.42. The van der Waals surface area contributed by atoms with Crippen LogP contribution in [0.1, 0.15) is 51.5 Å². The van der Waals surface area contributed by atoms with Crippen LogP contribution >= 0.6 is 0 Å². The summed E-state index contributed by atoms with van der Waals surface area (Å²) in [6.07, 6.45) is 11.0. The summed E-state index contributed by atoms with van der Waals surface area (Å²) in [5.74, 6) is -1.44. The number of methoxy groups -OCH3 is 1. The number of ether oxygens (including phenoxy) is 2. The van der Waals surface area contributed by atoms with Gasteiger partial charge in [0.05, 0.1) is 0 Å². The fraction of sp³-hybridized carbons (Fsp3) is 0.519. The lowest BCUT2D eigenvalue weighted by molar-refractivity contribution is -0.279. The predicted molar refractivity (Wildman–Crippen MR) is 128 cm³/mol. The van der Waals surface area contributed by atoms with E-state index in [1.165, 1.54) is 37.1 Å². The Balaban J connectivity index is 2.07. The third kappa shape index (κ3) is 6.60. The van der Waals surface area contributed by atoms with Crippen molar-refractivity contribution in [1.82, 2.24) is 4.90 Å². The molecular formula is C27H36F3NO3. The smallest absolute Gasteiger partial charge is 0.432 e. The summed E-state index contributed by atoms with van der Waals surface area (Å²) < 4.78 is 52.7. The Kier molecular flexibility index (Phi) is 10.6. The van der Waals surface area contributed by atoms with Crippen LogP contribution in [-0.4, -0.2) is 49.4 Å². The first kappa shape index (κ1) is 27.9. The standard InChI is InChI=1S/C27H36F3NO3/c1-5-6-7-8-9-10-11-15-18-23-19-20-24(21(2)31(23)3)34-25(32)26(33-4,27(28,29)30)22-16-13-12-14-17-22/h8-18,21,23-24H,5-7,19-20H2,1-4H3/b9-8+,11-10+,18-15+/t21-,23+,24+,26+/m0/s1. The minimum atomic E-state index is -4.98. The number of likely N-dealkylation sites (tertiary alicyclic amines) is 1. The Morgan fingerprint density at radius 2 is 1.79 bits per heavy atom. The molecule has 0 saturated carbocycles. The van der Waals surface area contributed by atoms with Gasteiger partial charge < -0.3 is 9.47 Å². The number of piperidine rings is 1. The average molecular weight is 480 g/mol. The number of alkyl halides is 3. The van der Waals surface area contributed by atoms with Crippen molar-refractivity contribution in [3.63, 3.8) is 0 Å². The minimum Gasteiger partial charge on any atom is -0.458 e. The summed E-state index contributed by atoms with van der Waals surface area (Å²) in [5, 5.41) is 0. The van der Waals surface area contributed by atoms with E-state index in [-0.39, 0.29) is 17.6 Å². The summed E-state index contributed by atoms with van der Waals surface area (Å²) in [7, 11) is 2.77. The molecule has 0 radical (unpaired) electrons. The van der Waals surface area contributed by atoms with Crippen molar-refractivity contribution in [2.24, 2.45) is 0 Å². The summed E-state index contributed by atoms with van der Waals surface area (Å²) in [5.41, 5.74) is -3.47. The zero-order chi connectivity index (χ0) is 25.2. The maximum absolute atomic E-state index is 14.1. The summed E-state index contributed by atoms with van der Waals surface area (Å²) in [6.45, 7) is 4.02. The van der Waals surface area contributed by atoms with Crippen LogP contribution in [0.3, 0.4) is 0 Å². The van der Waals surface area contributed by atoms with Crippen LogP contribution < -0.4 is 0 Å². The Bertz CT molecular complexity index is 850. The maximum Gasteiger partial charge on any atom is 0.432 e. The van der Waals surface area contributed by atoms with Crippen LogP contribution in [0.15, 0.2) is 66.8 Å². The summed E-state index contributed by atoms with van der Waals surface area (Å²) in [6, 6.07) is 6.74. The Hall–Kier alpha value is -2.38. The third-order valence-electron chi connectivity index (χ3n) is 6.41. The summed E-state index contributed by atoms with van der Waals surface area (Å²) >= 11 is 0. The van der Waals surface area contributed by atoms with Crippen molar-refractivity contribution in [3.8, 4) is 0 Å². The molecule has 0 unspecified atom stereocenters. The van der Waals surface area contributed by atoms with Crippen molar-refractivity contribution < 1.29 is 27.4 Å². The van der Waals surface area contributed by atoms with Crippen LogP contribution in [-0.2, 0) is 19.9 Å². The van der Waals surface area contributed by atoms with E-state index in [1.807, 2.05) is 43.2 Å². The molecule has 1 aliphatic heterocycles. The van der Waals surface area contributed by atoms with E-state index in [0.717, 1.165) is 13.5 Å². The second-order valence-corrected chi connectivity index (χ2v) is 8.58. The van der Waals surface area contributed by atoms with Gasteiger partial charge in [-0.2, -0.15) is 13.2 Å². The number of unbranched alkanes of at least 4 members (excludes halogenated alkanes) is 2. The highest BCUT2D eigenvalue weighted by Gasteiger charge is 2.64. The molecule has 0 spiro atoms. The predicted octanol–water partition coefficient (Wildman–Crippen LogP) is 6.34. The number of rotatable bonds is 10. The highest BCUT2D eigenvalue weighted by Crippen LogP contribution is 2.43. The van der Waals surface area contributed by atoms with Gasteiger partial charge in [0.1, 0.15) is 6.10 Å². The van der Waals surface area contributed by atoms with E-state index in [2.05, 4.69) is 19.1 Å². The number of carbonyl (C=O) groups is 1. The van der Waals surface area contributed by atoms with E-state index in [9.17, 15) is 18.0 Å². The number of likely N-dealkylation sites (N-methyl/N-ethyl adjacent to an activating group) is 1. The SMILES string of the molecule is CCCC/C=C/C=C/C=C/[C@@H]1CC[C@@H](OC(=O)[C@](OC)(c2ccccc2)C(F)(F)F)[C@H](C)N1C. The second-order valence-electron chi connectivity index (χ2n) is 8.58. The van der Waals surface area contributed by atoms with Gasteiger partial charge >= 0.3 is 12.1 Å². The molecule has 0 amide bonds. The van der Waals surface area contributed by atoms with Crippen molar-refractivity contribution in [3.05, 3.63) is 72.4 Å². The van der Waals surface area contributed by atoms with Gasteiger partial charge in [0.2, 0.25) is 0 Å². The van der Waals surface area contributed by atoms with Crippen LogP contribution in [0.4, 0.5) is 13.2 Å². The van der Waals surface area contributed by atoms with Gasteiger partial charge in [-0.1, -0.05) is 86.6 Å². The largest absolute Gasteiger partial charge is 0.458 e. The van der Waals surface area contributed by atoms with E-state index < -0.39 is 23.9 Å². The quantitative estimate of drug-likeness (QED) is 0.223. The summed E-state index contributed by atoms with van der Waals surface area (Å²) in [4.78, 5) is 15.0. The molecule has 1 saturated heterocycles. The van der Waals surface area contributed by atoms with Gasteiger partial charge in [0.15, 0.2) is 0 Å². The van der Waals surface area contributed by atoms with Crippen molar-refractivity contribution in [1.29, 1.82) is 0 Å². The molecule has 1 aliphatic rings. The zero-order valence-electron chi connectivity index (χ0n) is 20.4. The molecule has 4 atom stereocenters. The molecule has 0 N–H and O–H groups in total. The molecule has 7 heteroatoms. The van der Waals surface area contributed by atoms with Gasteiger partial charge in [0, 0.05) is 24.8 Å². The minimum absolute atomic E-state index is 0.0996. The van der Waals surface area contributed by atoms with Gasteiger partial charge in [0.25, 0.3) is 5.60 Å². The lowest BCUT2D eigenvalue weighted by atomic mass is 9.91. The fourth-order valence-corrected chi connectivity index (χ4v) is 4.16. The molecular weight excluding hydrogens is 443 g/mol. The second kappa shape index (κ2) is 12.9.